The molecule has 1 heterocycles. The van der Waals surface area contributed by atoms with Gasteiger partial charge in [0, 0.05) is 25.2 Å². The highest BCUT2D eigenvalue weighted by Crippen LogP contribution is 2.22. The highest BCUT2D eigenvalue weighted by atomic mass is 16.5. The number of para-hydroxylation sites is 1. The summed E-state index contributed by atoms with van der Waals surface area (Å²) in [6, 6.07) is 7.22. The lowest BCUT2D eigenvalue weighted by molar-refractivity contribution is -0.133. The van der Waals surface area contributed by atoms with Crippen molar-refractivity contribution in [3.05, 3.63) is 29.8 Å². The third-order valence-corrected chi connectivity index (χ3v) is 3.48. The number of nitrogens with two attached hydrogens (primary N) is 1. The Morgan fingerprint density at radius 2 is 2.24 bits per heavy atom. The fraction of sp³-hybridized carbons (Fsp3) is 0.467. The highest BCUT2D eigenvalue weighted by molar-refractivity contribution is 5.88. The standard InChI is InChI=1S/C15H21N3O3/c1-2-21-13-6-4-3-5-11(13)10-18-8-7-17-15(20)12(18)9-14(16)19/h3-6,12H,2,7-10H2,1H3,(H2,16,19)(H,17,20)/t12-/m0/s1. The number of hydrogen-bond donors (Lipinski definition) is 2. The van der Waals surface area contributed by atoms with Gasteiger partial charge >= 0.3 is 0 Å². The number of benzene rings is 1. The van der Waals surface area contributed by atoms with Gasteiger partial charge in [0.15, 0.2) is 0 Å². The van der Waals surface area contributed by atoms with E-state index in [1.165, 1.54) is 0 Å². The SMILES string of the molecule is CCOc1ccccc1CN1CCNC(=O)[C@@H]1CC(N)=O. The van der Waals surface area contributed by atoms with E-state index in [1.54, 1.807) is 0 Å². The molecular formula is C15H21N3O3. The molecule has 0 bridgehead atoms. The summed E-state index contributed by atoms with van der Waals surface area (Å²) < 4.78 is 5.60. The van der Waals surface area contributed by atoms with Gasteiger partial charge in [0.2, 0.25) is 11.8 Å². The van der Waals surface area contributed by atoms with Crippen LogP contribution in [-0.4, -0.2) is 42.5 Å². The van der Waals surface area contributed by atoms with E-state index < -0.39 is 11.9 Å². The minimum Gasteiger partial charge on any atom is -0.494 e. The number of piperazine rings is 1. The van der Waals surface area contributed by atoms with Crippen molar-refractivity contribution in [2.75, 3.05) is 19.7 Å². The minimum atomic E-state index is -0.508. The van der Waals surface area contributed by atoms with Crippen LogP contribution in [0.4, 0.5) is 0 Å². The van der Waals surface area contributed by atoms with Gasteiger partial charge in [-0.2, -0.15) is 0 Å². The van der Waals surface area contributed by atoms with Gasteiger partial charge < -0.3 is 15.8 Å². The molecule has 1 aliphatic heterocycles. The van der Waals surface area contributed by atoms with E-state index in [-0.39, 0.29) is 12.3 Å². The Morgan fingerprint density at radius 1 is 1.48 bits per heavy atom. The van der Waals surface area contributed by atoms with Gasteiger partial charge in [-0.1, -0.05) is 18.2 Å². The van der Waals surface area contributed by atoms with Crippen LogP contribution in [-0.2, 0) is 16.1 Å². The number of ether oxygens (including phenoxy) is 1. The van der Waals surface area contributed by atoms with Crippen molar-refractivity contribution in [2.24, 2.45) is 5.73 Å². The van der Waals surface area contributed by atoms with Gasteiger partial charge in [-0.25, -0.2) is 0 Å². The zero-order valence-corrected chi connectivity index (χ0v) is 12.2. The summed E-state index contributed by atoms with van der Waals surface area (Å²) in [5.74, 6) is 0.192. The molecule has 1 atom stereocenters. The van der Waals surface area contributed by atoms with Crippen molar-refractivity contribution in [2.45, 2.75) is 25.9 Å². The summed E-state index contributed by atoms with van der Waals surface area (Å²) in [5.41, 5.74) is 6.25. The molecular weight excluding hydrogens is 270 g/mol. The van der Waals surface area contributed by atoms with Crippen LogP contribution in [0.5, 0.6) is 5.75 Å². The van der Waals surface area contributed by atoms with Gasteiger partial charge in [-0.05, 0) is 13.0 Å². The topological polar surface area (TPSA) is 84.7 Å². The first kappa shape index (κ1) is 15.3. The molecule has 2 rings (SSSR count). The van der Waals surface area contributed by atoms with Crippen molar-refractivity contribution in [3.8, 4) is 5.75 Å². The van der Waals surface area contributed by atoms with Crippen LogP contribution in [0, 0.1) is 0 Å². The van der Waals surface area contributed by atoms with E-state index in [2.05, 4.69) is 5.32 Å². The maximum Gasteiger partial charge on any atom is 0.237 e. The van der Waals surface area contributed by atoms with Crippen LogP contribution < -0.4 is 15.8 Å². The van der Waals surface area contributed by atoms with Crippen LogP contribution in [0.3, 0.4) is 0 Å². The molecule has 0 aliphatic carbocycles. The Balaban J connectivity index is 2.15. The molecule has 6 nitrogen and oxygen atoms in total. The van der Waals surface area contributed by atoms with Crippen LogP contribution in [0.15, 0.2) is 24.3 Å². The number of rotatable bonds is 6. The van der Waals surface area contributed by atoms with Crippen molar-refractivity contribution in [3.63, 3.8) is 0 Å². The number of hydrogen-bond acceptors (Lipinski definition) is 4. The average molecular weight is 291 g/mol. The lowest BCUT2D eigenvalue weighted by Gasteiger charge is -2.34. The highest BCUT2D eigenvalue weighted by Gasteiger charge is 2.31. The first-order chi connectivity index (χ1) is 10.1. The van der Waals surface area contributed by atoms with E-state index in [4.69, 9.17) is 10.5 Å². The second kappa shape index (κ2) is 7.08. The van der Waals surface area contributed by atoms with E-state index in [0.29, 0.717) is 26.2 Å². The molecule has 1 saturated heterocycles. The molecule has 114 valence electrons. The van der Waals surface area contributed by atoms with E-state index >= 15 is 0 Å². The molecule has 0 spiro atoms. The van der Waals surface area contributed by atoms with E-state index in [1.807, 2.05) is 36.1 Å². The lowest BCUT2D eigenvalue weighted by atomic mass is 10.1. The monoisotopic (exact) mass is 291 g/mol. The second-order valence-corrected chi connectivity index (χ2v) is 4.99. The second-order valence-electron chi connectivity index (χ2n) is 4.99. The normalized spacial score (nSPS) is 19.1. The van der Waals surface area contributed by atoms with Crippen LogP contribution >= 0.6 is 0 Å². The Bertz CT molecular complexity index is 519. The maximum absolute atomic E-state index is 11.9. The number of carbonyl (C=O) groups excluding carboxylic acids is 2. The summed E-state index contributed by atoms with van der Waals surface area (Å²) >= 11 is 0. The van der Waals surface area contributed by atoms with Crippen molar-refractivity contribution in [1.82, 2.24) is 10.2 Å². The van der Waals surface area contributed by atoms with Crippen LogP contribution in [0.25, 0.3) is 0 Å². The molecule has 0 saturated carbocycles. The van der Waals surface area contributed by atoms with Crippen LogP contribution in [0.1, 0.15) is 18.9 Å². The smallest absolute Gasteiger partial charge is 0.237 e. The lowest BCUT2D eigenvalue weighted by Crippen LogP contribution is -2.55. The van der Waals surface area contributed by atoms with Gasteiger partial charge in [-0.15, -0.1) is 0 Å². The Kier molecular flexibility index (Phi) is 5.16. The Hall–Kier alpha value is -2.08. The number of amides is 2. The summed E-state index contributed by atoms with van der Waals surface area (Å²) in [6.07, 6.45) is 0.0304. The number of nitrogens with zero attached hydrogens (tertiary/aromatic N) is 1. The maximum atomic E-state index is 11.9. The van der Waals surface area contributed by atoms with Crippen molar-refractivity contribution < 1.29 is 14.3 Å². The Labute approximate surface area is 124 Å². The molecule has 1 aromatic rings. The molecule has 0 radical (unpaired) electrons. The van der Waals surface area contributed by atoms with Crippen molar-refractivity contribution >= 4 is 11.8 Å². The molecule has 1 fully saturated rings. The number of nitrogens with one attached hydrogen (secondary N) is 1. The minimum absolute atomic E-state index is 0.0304. The Morgan fingerprint density at radius 3 is 2.95 bits per heavy atom. The zero-order valence-electron chi connectivity index (χ0n) is 12.2. The fourth-order valence-corrected chi connectivity index (χ4v) is 2.51. The molecule has 6 heteroatoms. The predicted octanol–water partition coefficient (Wildman–Crippen LogP) is 0.261. The first-order valence-electron chi connectivity index (χ1n) is 7.12. The molecule has 1 aromatic carbocycles. The largest absolute Gasteiger partial charge is 0.494 e. The number of primary amides is 1. The van der Waals surface area contributed by atoms with Gasteiger partial charge in [0.25, 0.3) is 0 Å². The van der Waals surface area contributed by atoms with Gasteiger partial charge in [0.05, 0.1) is 19.1 Å². The average Bonchev–Trinajstić information content (AvgIpc) is 2.45. The molecule has 0 aromatic heterocycles. The van der Waals surface area contributed by atoms with Crippen LogP contribution in [0.2, 0.25) is 0 Å². The summed E-state index contributed by atoms with van der Waals surface area (Å²) in [6.45, 7) is 4.33. The third kappa shape index (κ3) is 3.95. The van der Waals surface area contributed by atoms with E-state index in [0.717, 1.165) is 11.3 Å². The van der Waals surface area contributed by atoms with E-state index in [9.17, 15) is 9.59 Å². The van der Waals surface area contributed by atoms with Crippen molar-refractivity contribution in [1.29, 1.82) is 0 Å². The zero-order chi connectivity index (χ0) is 15.2. The summed E-state index contributed by atoms with van der Waals surface area (Å²) in [7, 11) is 0. The van der Waals surface area contributed by atoms with Gasteiger partial charge in [0.1, 0.15) is 5.75 Å². The predicted molar refractivity (Wildman–Crippen MR) is 78.6 cm³/mol. The summed E-state index contributed by atoms with van der Waals surface area (Å²) in [4.78, 5) is 25.1. The molecule has 21 heavy (non-hydrogen) atoms. The van der Waals surface area contributed by atoms with Gasteiger partial charge in [-0.3, -0.25) is 14.5 Å². The molecule has 1 aliphatic rings. The molecule has 2 amide bonds. The molecule has 3 N–H and O–H groups in total. The molecule has 0 unspecified atom stereocenters. The number of carbonyl (C=O) groups is 2. The summed E-state index contributed by atoms with van der Waals surface area (Å²) in [5, 5.41) is 2.77. The fourth-order valence-electron chi connectivity index (χ4n) is 2.51. The third-order valence-electron chi connectivity index (χ3n) is 3.48. The first-order valence-corrected chi connectivity index (χ1v) is 7.12. The quantitative estimate of drug-likeness (QED) is 0.787.